The molecule has 23 heavy (non-hydrogen) atoms. The predicted octanol–water partition coefficient (Wildman–Crippen LogP) is 5.05. The maximum absolute atomic E-state index is 12.0. The second kappa shape index (κ2) is 8.93. The van der Waals surface area contributed by atoms with E-state index >= 15 is 0 Å². The van der Waals surface area contributed by atoms with Gasteiger partial charge in [-0.2, -0.15) is 0 Å². The molecule has 132 valence electrons. The molecule has 5 heteroatoms. The van der Waals surface area contributed by atoms with Gasteiger partial charge in [0.1, 0.15) is 5.75 Å². The topological polar surface area (TPSA) is 43.4 Å². The SMILES string of the molecule is COc1ccc(Cl)cc1CCCCCCCS(=O)(=O)C(C)(C)C. The van der Waals surface area contributed by atoms with Crippen LogP contribution < -0.4 is 4.74 Å². The fraction of sp³-hybridized carbons (Fsp3) is 0.667. The van der Waals surface area contributed by atoms with Crippen LogP contribution in [0.1, 0.15) is 58.4 Å². The number of rotatable bonds is 9. The van der Waals surface area contributed by atoms with Crippen molar-refractivity contribution >= 4 is 21.4 Å². The van der Waals surface area contributed by atoms with Gasteiger partial charge in [-0.15, -0.1) is 0 Å². The Labute approximate surface area is 146 Å². The molecule has 0 N–H and O–H groups in total. The summed E-state index contributed by atoms with van der Waals surface area (Å²) in [5.74, 6) is 1.17. The van der Waals surface area contributed by atoms with E-state index < -0.39 is 14.6 Å². The van der Waals surface area contributed by atoms with Crippen LogP contribution in [-0.4, -0.2) is 26.0 Å². The smallest absolute Gasteiger partial charge is 0.155 e. The molecule has 0 aliphatic carbocycles. The minimum atomic E-state index is -2.98. The van der Waals surface area contributed by atoms with Gasteiger partial charge in [0.2, 0.25) is 0 Å². The highest BCUT2D eigenvalue weighted by molar-refractivity contribution is 7.92. The molecule has 0 amide bonds. The lowest BCUT2D eigenvalue weighted by Crippen LogP contribution is -2.30. The van der Waals surface area contributed by atoms with Crippen LogP contribution in [0.15, 0.2) is 18.2 Å². The molecule has 0 spiro atoms. The van der Waals surface area contributed by atoms with E-state index in [1.807, 2.05) is 18.2 Å². The van der Waals surface area contributed by atoms with Gasteiger partial charge < -0.3 is 4.74 Å². The van der Waals surface area contributed by atoms with E-state index in [0.717, 1.165) is 54.9 Å². The first-order valence-corrected chi connectivity index (χ1v) is 10.2. The molecule has 0 aliphatic rings. The fourth-order valence-electron chi connectivity index (χ4n) is 2.39. The van der Waals surface area contributed by atoms with E-state index in [-0.39, 0.29) is 0 Å². The van der Waals surface area contributed by atoms with Crippen molar-refractivity contribution in [3.63, 3.8) is 0 Å². The van der Waals surface area contributed by atoms with Crippen molar-refractivity contribution in [2.75, 3.05) is 12.9 Å². The molecule has 0 bridgehead atoms. The Kier molecular flexibility index (Phi) is 7.88. The Morgan fingerprint density at radius 1 is 1.04 bits per heavy atom. The van der Waals surface area contributed by atoms with Crippen LogP contribution in [0, 0.1) is 0 Å². The standard InChI is InChI=1S/C18H29ClO3S/c1-18(2,3)23(20,21)13-9-7-5-6-8-10-15-14-16(19)11-12-17(15)22-4/h11-12,14H,5-10,13H2,1-4H3. The van der Waals surface area contributed by atoms with Gasteiger partial charge in [0, 0.05) is 5.02 Å². The van der Waals surface area contributed by atoms with Crippen molar-refractivity contribution in [1.29, 1.82) is 0 Å². The maximum Gasteiger partial charge on any atom is 0.155 e. The molecule has 0 aromatic heterocycles. The Bertz CT molecular complexity index is 589. The van der Waals surface area contributed by atoms with Crippen LogP contribution in [0.2, 0.25) is 5.02 Å². The summed E-state index contributed by atoms with van der Waals surface area (Å²) in [6.07, 6.45) is 5.85. The highest BCUT2D eigenvalue weighted by atomic mass is 35.5. The van der Waals surface area contributed by atoms with Crippen LogP contribution in [0.4, 0.5) is 0 Å². The van der Waals surface area contributed by atoms with Crippen LogP contribution in [0.25, 0.3) is 0 Å². The molecule has 0 radical (unpaired) electrons. The second-order valence-corrected chi connectivity index (χ2v) is 10.2. The number of benzene rings is 1. The van der Waals surface area contributed by atoms with Gasteiger partial charge in [0.15, 0.2) is 9.84 Å². The van der Waals surface area contributed by atoms with Crippen LogP contribution in [-0.2, 0) is 16.3 Å². The van der Waals surface area contributed by atoms with E-state index in [1.165, 1.54) is 0 Å². The lowest BCUT2D eigenvalue weighted by molar-refractivity contribution is 0.408. The second-order valence-electron chi connectivity index (χ2n) is 6.91. The van der Waals surface area contributed by atoms with E-state index in [9.17, 15) is 8.42 Å². The van der Waals surface area contributed by atoms with Gasteiger partial charge in [-0.3, -0.25) is 0 Å². The van der Waals surface area contributed by atoms with E-state index in [4.69, 9.17) is 16.3 Å². The zero-order chi connectivity index (χ0) is 17.5. The summed E-state index contributed by atoms with van der Waals surface area (Å²) in [6.45, 7) is 5.29. The van der Waals surface area contributed by atoms with Crippen molar-refractivity contribution in [1.82, 2.24) is 0 Å². The molecule has 0 heterocycles. The van der Waals surface area contributed by atoms with Crippen molar-refractivity contribution in [2.45, 2.75) is 64.0 Å². The third-order valence-corrected chi connectivity index (χ3v) is 6.96. The number of aryl methyl sites for hydroxylation is 1. The van der Waals surface area contributed by atoms with Gasteiger partial charge in [-0.25, -0.2) is 8.42 Å². The number of hydrogen-bond donors (Lipinski definition) is 0. The number of unbranched alkanes of at least 4 members (excludes halogenated alkanes) is 4. The van der Waals surface area contributed by atoms with Gasteiger partial charge in [-0.1, -0.05) is 30.9 Å². The number of halogens is 1. The van der Waals surface area contributed by atoms with Crippen molar-refractivity contribution in [3.05, 3.63) is 28.8 Å². The lowest BCUT2D eigenvalue weighted by atomic mass is 10.0. The normalized spacial score (nSPS) is 12.4. The molecule has 0 saturated heterocycles. The average molecular weight is 361 g/mol. The van der Waals surface area contributed by atoms with Crippen LogP contribution in [0.5, 0.6) is 5.75 Å². The summed E-state index contributed by atoms with van der Waals surface area (Å²) in [5, 5.41) is 0.730. The molecule has 1 aromatic carbocycles. The molecular formula is C18H29ClO3S. The van der Waals surface area contributed by atoms with Crippen LogP contribution in [0.3, 0.4) is 0 Å². The van der Waals surface area contributed by atoms with Crippen molar-refractivity contribution < 1.29 is 13.2 Å². The molecule has 0 saturated carbocycles. The molecule has 3 nitrogen and oxygen atoms in total. The highest BCUT2D eigenvalue weighted by Gasteiger charge is 2.27. The number of hydrogen-bond acceptors (Lipinski definition) is 3. The molecule has 1 aromatic rings. The summed E-state index contributed by atoms with van der Waals surface area (Å²) in [6, 6.07) is 5.69. The zero-order valence-corrected chi connectivity index (χ0v) is 16.3. The summed E-state index contributed by atoms with van der Waals surface area (Å²) < 4.78 is 28.7. The largest absolute Gasteiger partial charge is 0.496 e. The molecular weight excluding hydrogens is 332 g/mol. The molecule has 0 fully saturated rings. The average Bonchev–Trinajstić information content (AvgIpc) is 2.45. The molecule has 1 rings (SSSR count). The summed E-state index contributed by atoms with van der Waals surface area (Å²) >= 11 is 6.02. The fourth-order valence-corrected chi connectivity index (χ4v) is 3.78. The van der Waals surface area contributed by atoms with E-state index in [1.54, 1.807) is 27.9 Å². The first-order chi connectivity index (χ1) is 10.7. The predicted molar refractivity (Wildman–Crippen MR) is 98.3 cm³/mol. The Morgan fingerprint density at radius 2 is 1.65 bits per heavy atom. The summed E-state index contributed by atoms with van der Waals surface area (Å²) in [5.41, 5.74) is 1.13. The number of methoxy groups -OCH3 is 1. The quantitative estimate of drug-likeness (QED) is 0.578. The molecule has 0 atom stereocenters. The monoisotopic (exact) mass is 360 g/mol. The third-order valence-electron chi connectivity index (χ3n) is 4.03. The highest BCUT2D eigenvalue weighted by Crippen LogP contribution is 2.24. The first kappa shape index (κ1) is 20.3. The lowest BCUT2D eigenvalue weighted by Gasteiger charge is -2.18. The van der Waals surface area contributed by atoms with Crippen molar-refractivity contribution in [2.24, 2.45) is 0 Å². The van der Waals surface area contributed by atoms with Gasteiger partial charge in [0.05, 0.1) is 17.6 Å². The Balaban J connectivity index is 2.26. The Hall–Kier alpha value is -0.740. The maximum atomic E-state index is 12.0. The minimum absolute atomic E-state index is 0.290. The first-order valence-electron chi connectivity index (χ1n) is 8.22. The molecule has 0 unspecified atom stereocenters. The zero-order valence-electron chi connectivity index (χ0n) is 14.7. The third kappa shape index (κ3) is 6.72. The van der Waals surface area contributed by atoms with Gasteiger partial charge in [0.25, 0.3) is 0 Å². The van der Waals surface area contributed by atoms with E-state index in [0.29, 0.717) is 5.75 Å². The van der Waals surface area contributed by atoms with Gasteiger partial charge >= 0.3 is 0 Å². The number of sulfone groups is 1. The number of ether oxygens (including phenoxy) is 1. The summed E-state index contributed by atoms with van der Waals surface area (Å²) in [4.78, 5) is 0. The van der Waals surface area contributed by atoms with Crippen molar-refractivity contribution in [3.8, 4) is 5.75 Å². The summed E-state index contributed by atoms with van der Waals surface area (Å²) in [7, 11) is -1.31. The van der Waals surface area contributed by atoms with Crippen LogP contribution >= 0.6 is 11.6 Å². The molecule has 0 aliphatic heterocycles. The van der Waals surface area contributed by atoms with Gasteiger partial charge in [-0.05, 0) is 63.8 Å². The van der Waals surface area contributed by atoms with E-state index in [2.05, 4.69) is 0 Å². The minimum Gasteiger partial charge on any atom is -0.496 e. The Morgan fingerprint density at radius 3 is 2.26 bits per heavy atom.